The quantitative estimate of drug-likeness (QED) is 0.885. The number of hydrogen-bond donors (Lipinski definition) is 1. The van der Waals surface area contributed by atoms with Crippen LogP contribution in [-0.4, -0.2) is 12.0 Å². The summed E-state index contributed by atoms with van der Waals surface area (Å²) < 4.78 is 5.57. The molecule has 5 heteroatoms. The zero-order valence-electron chi connectivity index (χ0n) is 11.7. The third-order valence-corrected chi connectivity index (χ3v) is 3.39. The second kappa shape index (κ2) is 6.83. The number of amides is 1. The monoisotopic (exact) mass is 323 g/mol. The number of aryl methyl sites for hydroxylation is 1. The van der Waals surface area contributed by atoms with Crippen molar-refractivity contribution in [3.05, 3.63) is 58.1 Å². The minimum Gasteiger partial charge on any atom is -0.481 e. The van der Waals surface area contributed by atoms with Gasteiger partial charge in [-0.05, 0) is 55.8 Å². The average molecular weight is 324 g/mol. The second-order valence-corrected chi connectivity index (χ2v) is 5.54. The molecule has 2 rings (SSSR count). The molecule has 21 heavy (non-hydrogen) atoms. The zero-order valence-corrected chi connectivity index (χ0v) is 13.2. The summed E-state index contributed by atoms with van der Waals surface area (Å²) in [5.41, 5.74) is 1.61. The number of rotatable bonds is 4. The molecule has 0 unspecified atom stereocenters. The highest BCUT2D eigenvalue weighted by Crippen LogP contribution is 2.21. The molecule has 0 aliphatic heterocycles. The molecular weight excluding hydrogens is 309 g/mol. The first-order valence-corrected chi connectivity index (χ1v) is 7.20. The fraction of sp³-hybridized carbons (Fsp3) is 0.188. The van der Waals surface area contributed by atoms with Crippen LogP contribution in [0.3, 0.4) is 0 Å². The van der Waals surface area contributed by atoms with Gasteiger partial charge in [0.15, 0.2) is 6.10 Å². The van der Waals surface area contributed by atoms with E-state index in [0.29, 0.717) is 21.5 Å². The maximum Gasteiger partial charge on any atom is 0.265 e. The van der Waals surface area contributed by atoms with Crippen molar-refractivity contribution >= 4 is 34.8 Å². The van der Waals surface area contributed by atoms with E-state index in [9.17, 15) is 4.79 Å². The van der Waals surface area contributed by atoms with Gasteiger partial charge in [0.2, 0.25) is 0 Å². The molecule has 0 aliphatic rings. The summed E-state index contributed by atoms with van der Waals surface area (Å²) in [5, 5.41) is 4.01. The Morgan fingerprint density at radius 2 is 1.86 bits per heavy atom. The Kier molecular flexibility index (Phi) is 5.10. The predicted octanol–water partition coefficient (Wildman–Crippen LogP) is 4.71. The molecule has 0 fully saturated rings. The number of halogens is 2. The second-order valence-electron chi connectivity index (χ2n) is 4.67. The third-order valence-electron chi connectivity index (χ3n) is 2.92. The van der Waals surface area contributed by atoms with Gasteiger partial charge in [0.25, 0.3) is 5.91 Å². The molecule has 0 aliphatic carbocycles. The lowest BCUT2D eigenvalue weighted by molar-refractivity contribution is -0.122. The molecule has 0 saturated carbocycles. The van der Waals surface area contributed by atoms with Crippen LogP contribution in [0, 0.1) is 6.92 Å². The van der Waals surface area contributed by atoms with Gasteiger partial charge in [0.1, 0.15) is 5.75 Å². The van der Waals surface area contributed by atoms with E-state index in [2.05, 4.69) is 5.32 Å². The van der Waals surface area contributed by atoms with Crippen LogP contribution in [0.5, 0.6) is 5.75 Å². The molecule has 0 bridgehead atoms. The highest BCUT2D eigenvalue weighted by molar-refractivity contribution is 6.31. The van der Waals surface area contributed by atoms with Gasteiger partial charge in [-0.2, -0.15) is 0 Å². The van der Waals surface area contributed by atoms with Crippen LogP contribution >= 0.6 is 23.2 Å². The van der Waals surface area contributed by atoms with Crippen LogP contribution in [-0.2, 0) is 4.79 Å². The molecular formula is C16H15Cl2NO2. The van der Waals surface area contributed by atoms with Crippen molar-refractivity contribution in [3.8, 4) is 5.75 Å². The average Bonchev–Trinajstić information content (AvgIpc) is 2.41. The van der Waals surface area contributed by atoms with E-state index in [1.54, 1.807) is 49.4 Å². The van der Waals surface area contributed by atoms with Crippen LogP contribution in [0.4, 0.5) is 5.69 Å². The number of anilines is 1. The van der Waals surface area contributed by atoms with Gasteiger partial charge in [0, 0.05) is 15.7 Å². The molecule has 3 nitrogen and oxygen atoms in total. The minimum atomic E-state index is -0.640. The maximum atomic E-state index is 12.1. The Morgan fingerprint density at radius 1 is 1.14 bits per heavy atom. The SMILES string of the molecule is Cc1cc(Cl)ccc1NC(=O)[C@@H](C)Oc1cccc(Cl)c1. The van der Waals surface area contributed by atoms with E-state index >= 15 is 0 Å². The topological polar surface area (TPSA) is 38.3 Å². The molecule has 0 heterocycles. The Morgan fingerprint density at radius 3 is 2.52 bits per heavy atom. The van der Waals surface area contributed by atoms with Crippen molar-refractivity contribution in [3.63, 3.8) is 0 Å². The van der Waals surface area contributed by atoms with Gasteiger partial charge in [-0.15, -0.1) is 0 Å². The number of carbonyl (C=O) groups excluding carboxylic acids is 1. The Labute approximate surface area is 133 Å². The van der Waals surface area contributed by atoms with Gasteiger partial charge >= 0.3 is 0 Å². The largest absolute Gasteiger partial charge is 0.481 e. The molecule has 110 valence electrons. The third kappa shape index (κ3) is 4.38. The summed E-state index contributed by atoms with van der Waals surface area (Å²) in [7, 11) is 0. The van der Waals surface area contributed by atoms with E-state index in [-0.39, 0.29) is 5.91 Å². The molecule has 2 aromatic rings. The molecule has 2 aromatic carbocycles. The van der Waals surface area contributed by atoms with E-state index in [1.807, 2.05) is 6.92 Å². The fourth-order valence-corrected chi connectivity index (χ4v) is 2.21. The summed E-state index contributed by atoms with van der Waals surface area (Å²) in [6.07, 6.45) is -0.640. The molecule has 0 radical (unpaired) electrons. The summed E-state index contributed by atoms with van der Waals surface area (Å²) in [6, 6.07) is 12.2. The van der Waals surface area contributed by atoms with Crippen molar-refractivity contribution in [2.75, 3.05) is 5.32 Å². The Balaban J connectivity index is 2.02. The fourth-order valence-electron chi connectivity index (χ4n) is 1.80. The number of nitrogens with one attached hydrogen (secondary N) is 1. The Bertz CT molecular complexity index is 658. The van der Waals surface area contributed by atoms with E-state index in [1.165, 1.54) is 0 Å². The van der Waals surface area contributed by atoms with Crippen molar-refractivity contribution in [2.45, 2.75) is 20.0 Å². The summed E-state index contributed by atoms with van der Waals surface area (Å²) >= 11 is 11.8. The standard InChI is InChI=1S/C16H15Cl2NO2/c1-10-8-13(18)6-7-15(10)19-16(20)11(2)21-14-5-3-4-12(17)9-14/h3-9,11H,1-2H3,(H,19,20)/t11-/m1/s1. The lowest BCUT2D eigenvalue weighted by atomic mass is 10.2. The maximum absolute atomic E-state index is 12.1. The van der Waals surface area contributed by atoms with Crippen LogP contribution in [0.2, 0.25) is 10.0 Å². The first-order valence-electron chi connectivity index (χ1n) is 6.45. The number of ether oxygens (including phenoxy) is 1. The molecule has 0 saturated heterocycles. The smallest absolute Gasteiger partial charge is 0.265 e. The van der Waals surface area contributed by atoms with Gasteiger partial charge in [0.05, 0.1) is 0 Å². The Hall–Kier alpha value is -1.71. The molecule has 0 spiro atoms. The van der Waals surface area contributed by atoms with Crippen LogP contribution in [0.1, 0.15) is 12.5 Å². The summed E-state index contributed by atoms with van der Waals surface area (Å²) in [6.45, 7) is 3.56. The van der Waals surface area contributed by atoms with Crippen molar-refractivity contribution in [1.29, 1.82) is 0 Å². The molecule has 1 amide bonds. The number of hydrogen-bond acceptors (Lipinski definition) is 2. The van der Waals surface area contributed by atoms with Crippen LogP contribution < -0.4 is 10.1 Å². The summed E-state index contributed by atoms with van der Waals surface area (Å²) in [5.74, 6) is 0.318. The van der Waals surface area contributed by atoms with E-state index in [4.69, 9.17) is 27.9 Å². The van der Waals surface area contributed by atoms with E-state index in [0.717, 1.165) is 5.56 Å². The van der Waals surface area contributed by atoms with Crippen molar-refractivity contribution < 1.29 is 9.53 Å². The predicted molar refractivity (Wildman–Crippen MR) is 86.4 cm³/mol. The van der Waals surface area contributed by atoms with Crippen LogP contribution in [0.25, 0.3) is 0 Å². The molecule has 1 N–H and O–H groups in total. The molecule has 1 atom stereocenters. The van der Waals surface area contributed by atoms with E-state index < -0.39 is 6.10 Å². The first-order chi connectivity index (χ1) is 9.95. The van der Waals surface area contributed by atoms with Crippen LogP contribution in [0.15, 0.2) is 42.5 Å². The lowest BCUT2D eigenvalue weighted by Gasteiger charge is -2.16. The highest BCUT2D eigenvalue weighted by Gasteiger charge is 2.15. The van der Waals surface area contributed by atoms with Crippen molar-refractivity contribution in [1.82, 2.24) is 0 Å². The minimum absolute atomic E-state index is 0.236. The van der Waals surface area contributed by atoms with Crippen molar-refractivity contribution in [2.24, 2.45) is 0 Å². The first kappa shape index (κ1) is 15.7. The lowest BCUT2D eigenvalue weighted by Crippen LogP contribution is -2.30. The van der Waals surface area contributed by atoms with Gasteiger partial charge in [-0.25, -0.2) is 0 Å². The van der Waals surface area contributed by atoms with Gasteiger partial charge in [-0.3, -0.25) is 4.79 Å². The zero-order chi connectivity index (χ0) is 15.4. The summed E-state index contributed by atoms with van der Waals surface area (Å²) in [4.78, 5) is 12.1. The van der Waals surface area contributed by atoms with Gasteiger partial charge in [-0.1, -0.05) is 29.3 Å². The highest BCUT2D eigenvalue weighted by atomic mass is 35.5. The number of benzene rings is 2. The van der Waals surface area contributed by atoms with Gasteiger partial charge < -0.3 is 10.1 Å². The number of carbonyl (C=O) groups is 1. The molecule has 0 aromatic heterocycles. The normalized spacial score (nSPS) is 11.8.